The maximum atomic E-state index is 13.1. The van der Waals surface area contributed by atoms with Crippen LogP contribution in [0.4, 0.5) is 0 Å². The summed E-state index contributed by atoms with van der Waals surface area (Å²) in [5, 5.41) is 65.0. The van der Waals surface area contributed by atoms with Crippen LogP contribution in [0.5, 0.6) is 0 Å². The Kier molecular flexibility index (Phi) is 49.4. The number of rotatable bonds is 53. The van der Waals surface area contributed by atoms with Gasteiger partial charge in [0.2, 0.25) is 5.91 Å². The first kappa shape index (κ1) is 69.1. The molecule has 0 aromatic carbocycles. The number of carbonyl (C=O) groups excluding carboxylic acids is 1. The summed E-state index contributed by atoms with van der Waals surface area (Å²) in [5.74, 6) is -0.628. The Bertz CT molecular complexity index is 1310. The van der Waals surface area contributed by atoms with Gasteiger partial charge in [-0.15, -0.1) is 0 Å². The standard InChI is InChI=1S/C63H117NO9/c1-3-5-7-9-11-13-15-17-19-20-21-22-23-24-25-26-27-28-29-30-31-32-33-34-35-36-37-38-40-42-44-46-48-50-52-57(67)62(71)64-55(54-72-63-61(70)60(69)59(68)58(53-65)73-63)56(66)51-49-47-45-43-41-39-18-16-14-12-10-8-6-4-2/h14,16,26-27,41,43,49,51,55-61,63,65-70H,3-13,15,17-25,28-40,42,44-48,50,52-54H2,1-2H3,(H,64,71)/b16-14+,27-26-,43-41+,51-49+. The van der Waals surface area contributed by atoms with Crippen molar-refractivity contribution in [3.05, 3.63) is 48.6 Å². The van der Waals surface area contributed by atoms with Gasteiger partial charge in [-0.1, -0.05) is 262 Å². The molecular weight excluding hydrogens is 915 g/mol. The summed E-state index contributed by atoms with van der Waals surface area (Å²) < 4.78 is 11.2. The molecule has 0 spiro atoms. The van der Waals surface area contributed by atoms with E-state index in [-0.39, 0.29) is 6.61 Å². The molecule has 1 rings (SSSR count). The van der Waals surface area contributed by atoms with Crippen molar-refractivity contribution >= 4 is 5.91 Å². The van der Waals surface area contributed by atoms with E-state index in [0.29, 0.717) is 19.3 Å². The summed E-state index contributed by atoms with van der Waals surface area (Å²) in [7, 11) is 0. The van der Waals surface area contributed by atoms with Crippen molar-refractivity contribution in [3.63, 3.8) is 0 Å². The van der Waals surface area contributed by atoms with Crippen LogP contribution in [0.1, 0.15) is 284 Å². The molecule has 0 bridgehead atoms. The number of nitrogens with one attached hydrogen (secondary N) is 1. The van der Waals surface area contributed by atoms with E-state index in [1.807, 2.05) is 6.08 Å². The summed E-state index contributed by atoms with van der Waals surface area (Å²) >= 11 is 0. The lowest BCUT2D eigenvalue weighted by atomic mass is 9.99. The van der Waals surface area contributed by atoms with E-state index in [4.69, 9.17) is 9.47 Å². The Balaban J connectivity index is 2.14. The van der Waals surface area contributed by atoms with Gasteiger partial charge in [0.15, 0.2) is 6.29 Å². The number of hydrogen-bond donors (Lipinski definition) is 7. The van der Waals surface area contributed by atoms with Crippen LogP contribution >= 0.6 is 0 Å². The van der Waals surface area contributed by atoms with Crippen LogP contribution in [0, 0.1) is 0 Å². The fraction of sp³-hybridized carbons (Fsp3) is 0.857. The topological polar surface area (TPSA) is 169 Å². The third-order valence-electron chi connectivity index (χ3n) is 14.7. The number of allylic oxidation sites excluding steroid dienone is 7. The lowest BCUT2D eigenvalue weighted by Crippen LogP contribution is -2.60. The SMILES string of the molecule is CCCCCC/C=C/CC/C=C/CC/C=C/C(O)C(COC1OC(CO)C(O)C(O)C1O)NC(=O)C(O)CCCCCCCCCCCCCCCCCC/C=C\CCCCCCCCCCCCCCCC. The van der Waals surface area contributed by atoms with Gasteiger partial charge in [-0.25, -0.2) is 0 Å². The van der Waals surface area contributed by atoms with Gasteiger partial charge in [-0.2, -0.15) is 0 Å². The minimum atomic E-state index is -1.62. The molecule has 8 atom stereocenters. The molecule has 10 nitrogen and oxygen atoms in total. The van der Waals surface area contributed by atoms with Crippen LogP contribution in [0.15, 0.2) is 48.6 Å². The van der Waals surface area contributed by atoms with Gasteiger partial charge >= 0.3 is 0 Å². The summed E-state index contributed by atoms with van der Waals surface area (Å²) in [6.45, 7) is 3.59. The van der Waals surface area contributed by atoms with Crippen LogP contribution in [0.2, 0.25) is 0 Å². The molecule has 1 heterocycles. The summed E-state index contributed by atoms with van der Waals surface area (Å²) in [6.07, 6.45) is 59.6. The molecule has 1 amide bonds. The maximum Gasteiger partial charge on any atom is 0.249 e. The molecule has 0 aromatic rings. The zero-order valence-electron chi connectivity index (χ0n) is 47.3. The molecule has 73 heavy (non-hydrogen) atoms. The molecule has 0 radical (unpaired) electrons. The van der Waals surface area contributed by atoms with Crippen molar-refractivity contribution in [2.75, 3.05) is 13.2 Å². The fourth-order valence-electron chi connectivity index (χ4n) is 9.72. The highest BCUT2D eigenvalue weighted by Crippen LogP contribution is 2.23. The van der Waals surface area contributed by atoms with Crippen LogP contribution < -0.4 is 5.32 Å². The third kappa shape index (κ3) is 41.0. The molecule has 0 saturated carbocycles. The predicted molar refractivity (Wildman–Crippen MR) is 305 cm³/mol. The van der Waals surface area contributed by atoms with Crippen LogP contribution in [0.3, 0.4) is 0 Å². The highest BCUT2D eigenvalue weighted by molar-refractivity contribution is 5.80. The second-order valence-electron chi connectivity index (χ2n) is 21.6. The second-order valence-corrected chi connectivity index (χ2v) is 21.6. The molecule has 1 aliphatic rings. The molecule has 0 aromatic heterocycles. The lowest BCUT2D eigenvalue weighted by Gasteiger charge is -2.40. The van der Waals surface area contributed by atoms with Gasteiger partial charge in [0.05, 0.1) is 25.4 Å². The second kappa shape index (κ2) is 52.2. The predicted octanol–water partition coefficient (Wildman–Crippen LogP) is 14.7. The zero-order chi connectivity index (χ0) is 53.1. The number of amides is 1. The van der Waals surface area contributed by atoms with Crippen molar-refractivity contribution in [3.8, 4) is 0 Å². The molecular formula is C63H117NO9. The monoisotopic (exact) mass is 1030 g/mol. The van der Waals surface area contributed by atoms with Crippen molar-refractivity contribution in [1.29, 1.82) is 0 Å². The molecule has 1 fully saturated rings. The largest absolute Gasteiger partial charge is 0.394 e. The highest BCUT2D eigenvalue weighted by Gasteiger charge is 2.44. The van der Waals surface area contributed by atoms with Gasteiger partial charge in [-0.3, -0.25) is 4.79 Å². The Hall–Kier alpha value is -1.89. The van der Waals surface area contributed by atoms with Gasteiger partial charge < -0.3 is 45.4 Å². The molecule has 10 heteroatoms. The van der Waals surface area contributed by atoms with Crippen LogP contribution in [-0.2, 0) is 14.3 Å². The molecule has 428 valence electrons. The Morgan fingerprint density at radius 2 is 0.808 bits per heavy atom. The molecule has 8 unspecified atom stereocenters. The van der Waals surface area contributed by atoms with E-state index in [1.165, 1.54) is 205 Å². The molecule has 1 aliphatic heterocycles. The van der Waals surface area contributed by atoms with E-state index in [1.54, 1.807) is 6.08 Å². The van der Waals surface area contributed by atoms with Gasteiger partial charge in [0.25, 0.3) is 0 Å². The van der Waals surface area contributed by atoms with E-state index < -0.39 is 61.5 Å². The first-order chi connectivity index (χ1) is 35.8. The van der Waals surface area contributed by atoms with Crippen molar-refractivity contribution < 1.29 is 44.9 Å². The van der Waals surface area contributed by atoms with Crippen molar-refractivity contribution in [2.24, 2.45) is 0 Å². The van der Waals surface area contributed by atoms with E-state index in [0.717, 1.165) is 44.9 Å². The summed E-state index contributed by atoms with van der Waals surface area (Å²) in [5.41, 5.74) is 0. The summed E-state index contributed by atoms with van der Waals surface area (Å²) in [4.78, 5) is 13.1. The van der Waals surface area contributed by atoms with E-state index >= 15 is 0 Å². The smallest absolute Gasteiger partial charge is 0.249 e. The van der Waals surface area contributed by atoms with Crippen molar-refractivity contribution in [1.82, 2.24) is 5.32 Å². The third-order valence-corrected chi connectivity index (χ3v) is 14.7. The van der Waals surface area contributed by atoms with Gasteiger partial charge in [-0.05, 0) is 70.6 Å². The number of carbonyl (C=O) groups is 1. The molecule has 1 saturated heterocycles. The number of ether oxygens (including phenoxy) is 2. The first-order valence-corrected chi connectivity index (χ1v) is 31.0. The quantitative estimate of drug-likeness (QED) is 0.0232. The lowest BCUT2D eigenvalue weighted by molar-refractivity contribution is -0.302. The van der Waals surface area contributed by atoms with Crippen LogP contribution in [-0.4, -0.2) is 98.7 Å². The maximum absolute atomic E-state index is 13.1. The zero-order valence-corrected chi connectivity index (χ0v) is 47.3. The minimum Gasteiger partial charge on any atom is -0.394 e. The Labute approximate surface area is 448 Å². The highest BCUT2D eigenvalue weighted by atomic mass is 16.7. The summed E-state index contributed by atoms with van der Waals surface area (Å²) in [6, 6.07) is -1.00. The van der Waals surface area contributed by atoms with E-state index in [2.05, 4.69) is 55.6 Å². The number of aliphatic hydroxyl groups is 6. The number of aliphatic hydroxyl groups excluding tert-OH is 6. The Morgan fingerprint density at radius 3 is 1.21 bits per heavy atom. The van der Waals surface area contributed by atoms with Crippen LogP contribution in [0.25, 0.3) is 0 Å². The Morgan fingerprint density at radius 1 is 0.466 bits per heavy atom. The molecule has 7 N–H and O–H groups in total. The average Bonchev–Trinajstić information content (AvgIpc) is 3.39. The average molecular weight is 1030 g/mol. The normalized spacial score (nSPS) is 19.8. The first-order valence-electron chi connectivity index (χ1n) is 31.0. The van der Waals surface area contributed by atoms with E-state index in [9.17, 15) is 35.4 Å². The fourth-order valence-corrected chi connectivity index (χ4v) is 9.72. The number of hydrogen-bond acceptors (Lipinski definition) is 9. The number of unbranched alkanes of at least 4 members (excludes halogenated alkanes) is 36. The van der Waals surface area contributed by atoms with Gasteiger partial charge in [0.1, 0.15) is 30.5 Å². The van der Waals surface area contributed by atoms with Crippen molar-refractivity contribution in [2.45, 2.75) is 332 Å². The van der Waals surface area contributed by atoms with Gasteiger partial charge in [0, 0.05) is 0 Å². The minimum absolute atomic E-state index is 0.302. The molecule has 0 aliphatic carbocycles.